The highest BCUT2D eigenvalue weighted by atomic mass is 14.8. The molecule has 3 heteroatoms. The molecule has 3 aromatic rings. The quantitative estimate of drug-likeness (QED) is 0.616. The van der Waals surface area contributed by atoms with Gasteiger partial charge in [-0.25, -0.2) is 0 Å². The van der Waals surface area contributed by atoms with E-state index in [0.717, 1.165) is 27.5 Å². The molecule has 0 saturated heterocycles. The zero-order valence-corrected chi connectivity index (χ0v) is 8.78. The largest absolute Gasteiger partial charge is 0.356 e. The number of aromatic nitrogens is 2. The summed E-state index contributed by atoms with van der Waals surface area (Å²) in [5, 5.41) is 11.1. The monoisotopic (exact) mass is 207 g/mol. The first-order valence-electron chi connectivity index (χ1n) is 5.07. The van der Waals surface area contributed by atoms with Crippen LogP contribution in [0.15, 0.2) is 30.5 Å². The van der Waals surface area contributed by atoms with Gasteiger partial charge in [0.15, 0.2) is 0 Å². The Balaban J connectivity index is 2.59. The summed E-state index contributed by atoms with van der Waals surface area (Å²) in [6.45, 7) is 1.91. The van der Waals surface area contributed by atoms with Gasteiger partial charge >= 0.3 is 0 Å². The minimum atomic E-state index is 0.711. The van der Waals surface area contributed by atoms with E-state index in [4.69, 9.17) is 5.26 Å². The van der Waals surface area contributed by atoms with Crippen LogP contribution < -0.4 is 0 Å². The average molecular weight is 207 g/mol. The molecule has 3 nitrogen and oxygen atoms in total. The number of nitrogens with zero attached hydrogens (tertiary/aromatic N) is 2. The highest BCUT2D eigenvalue weighted by Gasteiger charge is 2.10. The predicted molar refractivity (Wildman–Crippen MR) is 63.1 cm³/mol. The number of H-pyrrole nitrogens is 1. The van der Waals surface area contributed by atoms with Crippen LogP contribution >= 0.6 is 0 Å². The van der Waals surface area contributed by atoms with E-state index in [0.29, 0.717) is 5.56 Å². The van der Waals surface area contributed by atoms with E-state index < -0.39 is 0 Å². The van der Waals surface area contributed by atoms with Gasteiger partial charge < -0.3 is 4.98 Å². The minimum absolute atomic E-state index is 0.711. The van der Waals surface area contributed by atoms with Crippen molar-refractivity contribution in [3.05, 3.63) is 41.7 Å². The van der Waals surface area contributed by atoms with Gasteiger partial charge in [-0.2, -0.15) is 5.26 Å². The van der Waals surface area contributed by atoms with Crippen LogP contribution in [0.4, 0.5) is 0 Å². The lowest BCUT2D eigenvalue weighted by Crippen LogP contribution is -1.79. The van der Waals surface area contributed by atoms with Crippen LogP contribution in [-0.2, 0) is 0 Å². The molecule has 0 aliphatic heterocycles. The van der Waals surface area contributed by atoms with Gasteiger partial charge in [-0.05, 0) is 13.0 Å². The number of fused-ring (bicyclic) bond motifs is 3. The van der Waals surface area contributed by atoms with Crippen molar-refractivity contribution in [2.45, 2.75) is 6.92 Å². The van der Waals surface area contributed by atoms with E-state index in [9.17, 15) is 0 Å². The van der Waals surface area contributed by atoms with Gasteiger partial charge in [-0.15, -0.1) is 0 Å². The van der Waals surface area contributed by atoms with E-state index >= 15 is 0 Å². The maximum atomic E-state index is 9.09. The molecule has 0 spiro atoms. The molecule has 1 aromatic carbocycles. The van der Waals surface area contributed by atoms with Crippen LogP contribution in [-0.4, -0.2) is 9.97 Å². The van der Waals surface area contributed by atoms with Crippen LogP contribution in [0.25, 0.3) is 21.8 Å². The molecule has 0 bridgehead atoms. The Morgan fingerprint density at radius 3 is 3.00 bits per heavy atom. The summed E-state index contributed by atoms with van der Waals surface area (Å²) < 4.78 is 0. The highest BCUT2D eigenvalue weighted by Crippen LogP contribution is 2.27. The molecular formula is C13H9N3. The lowest BCUT2D eigenvalue weighted by molar-refractivity contribution is 1.28. The third kappa shape index (κ3) is 1.04. The van der Waals surface area contributed by atoms with Crippen LogP contribution in [0, 0.1) is 18.3 Å². The number of aromatic amines is 1. The highest BCUT2D eigenvalue weighted by molar-refractivity contribution is 6.05. The number of benzene rings is 1. The Labute approximate surface area is 92.3 Å². The molecule has 0 radical (unpaired) electrons. The van der Waals surface area contributed by atoms with E-state index in [1.807, 2.05) is 31.2 Å². The molecule has 1 N–H and O–H groups in total. The third-order valence-electron chi connectivity index (χ3n) is 2.84. The molecule has 0 amide bonds. The Morgan fingerprint density at radius 1 is 1.31 bits per heavy atom. The Hall–Kier alpha value is -2.34. The fourth-order valence-corrected chi connectivity index (χ4v) is 2.08. The number of nitriles is 1. The molecule has 3 rings (SSSR count). The molecule has 2 aromatic heterocycles. The second-order valence-electron chi connectivity index (χ2n) is 3.80. The minimum Gasteiger partial charge on any atom is -0.356 e. The van der Waals surface area contributed by atoms with E-state index in [1.165, 1.54) is 0 Å². The molecule has 0 aliphatic rings. The van der Waals surface area contributed by atoms with Gasteiger partial charge in [-0.1, -0.05) is 18.2 Å². The van der Waals surface area contributed by atoms with Crippen molar-refractivity contribution in [3.8, 4) is 6.07 Å². The van der Waals surface area contributed by atoms with Gasteiger partial charge in [0.1, 0.15) is 6.07 Å². The second kappa shape index (κ2) is 3.07. The molecule has 2 heterocycles. The molecule has 0 atom stereocenters. The summed E-state index contributed by atoms with van der Waals surface area (Å²) in [5.74, 6) is 0. The second-order valence-corrected chi connectivity index (χ2v) is 3.80. The predicted octanol–water partition coefficient (Wildman–Crippen LogP) is 2.90. The zero-order valence-electron chi connectivity index (χ0n) is 8.78. The van der Waals surface area contributed by atoms with Crippen LogP contribution in [0.2, 0.25) is 0 Å². The van der Waals surface area contributed by atoms with Crippen molar-refractivity contribution >= 4 is 21.8 Å². The molecule has 0 saturated carbocycles. The standard InChI is InChI=1S/C13H9N3/c1-8-11(7-14)10-5-4-9-3-2-6-15-12(9)13(10)16-8/h2-6,16H,1H3. The topological polar surface area (TPSA) is 52.5 Å². The van der Waals surface area contributed by atoms with Gasteiger partial charge in [-0.3, -0.25) is 4.98 Å². The van der Waals surface area contributed by atoms with Crippen molar-refractivity contribution in [3.63, 3.8) is 0 Å². The Kier molecular flexibility index (Phi) is 1.72. The lowest BCUT2D eigenvalue weighted by Gasteiger charge is -1.97. The molecule has 0 fully saturated rings. The smallest absolute Gasteiger partial charge is 0.102 e. The van der Waals surface area contributed by atoms with Crippen LogP contribution in [0.1, 0.15) is 11.3 Å². The lowest BCUT2D eigenvalue weighted by atomic mass is 10.1. The summed E-state index contributed by atoms with van der Waals surface area (Å²) in [5.41, 5.74) is 3.48. The maximum Gasteiger partial charge on any atom is 0.102 e. The average Bonchev–Trinajstić information content (AvgIpc) is 2.65. The molecular weight excluding hydrogens is 198 g/mol. The van der Waals surface area contributed by atoms with Gasteiger partial charge in [0.2, 0.25) is 0 Å². The van der Waals surface area contributed by atoms with Crippen molar-refractivity contribution in [2.75, 3.05) is 0 Å². The van der Waals surface area contributed by atoms with Crippen LogP contribution in [0.5, 0.6) is 0 Å². The zero-order chi connectivity index (χ0) is 11.1. The Bertz CT molecular complexity index is 732. The van der Waals surface area contributed by atoms with E-state index in [-0.39, 0.29) is 0 Å². The van der Waals surface area contributed by atoms with Gasteiger partial charge in [0.25, 0.3) is 0 Å². The summed E-state index contributed by atoms with van der Waals surface area (Å²) in [4.78, 5) is 7.59. The van der Waals surface area contributed by atoms with Gasteiger partial charge in [0.05, 0.1) is 16.6 Å². The first-order chi connectivity index (χ1) is 7.81. The summed E-state index contributed by atoms with van der Waals surface area (Å²) in [6, 6.07) is 10.1. The SMILES string of the molecule is Cc1[nH]c2c(ccc3cccnc32)c1C#N. The number of hydrogen-bond donors (Lipinski definition) is 1. The fraction of sp³-hybridized carbons (Fsp3) is 0.0769. The summed E-state index contributed by atoms with van der Waals surface area (Å²) in [7, 11) is 0. The fourth-order valence-electron chi connectivity index (χ4n) is 2.08. The van der Waals surface area contributed by atoms with Crippen molar-refractivity contribution < 1.29 is 0 Å². The molecule has 16 heavy (non-hydrogen) atoms. The third-order valence-corrected chi connectivity index (χ3v) is 2.84. The first-order valence-corrected chi connectivity index (χ1v) is 5.07. The van der Waals surface area contributed by atoms with Crippen molar-refractivity contribution in [1.82, 2.24) is 9.97 Å². The maximum absolute atomic E-state index is 9.09. The van der Waals surface area contributed by atoms with E-state index in [2.05, 4.69) is 16.0 Å². The number of nitrogens with one attached hydrogen (secondary N) is 1. The van der Waals surface area contributed by atoms with Gasteiger partial charge in [0, 0.05) is 22.7 Å². The Morgan fingerprint density at radius 2 is 2.19 bits per heavy atom. The van der Waals surface area contributed by atoms with E-state index in [1.54, 1.807) is 6.20 Å². The summed E-state index contributed by atoms with van der Waals surface area (Å²) >= 11 is 0. The molecule has 0 aliphatic carbocycles. The normalized spacial score (nSPS) is 10.8. The van der Waals surface area contributed by atoms with Crippen LogP contribution in [0.3, 0.4) is 0 Å². The molecule has 76 valence electrons. The number of pyridine rings is 1. The summed E-state index contributed by atoms with van der Waals surface area (Å²) in [6.07, 6.45) is 1.77. The van der Waals surface area contributed by atoms with Crippen molar-refractivity contribution in [1.29, 1.82) is 5.26 Å². The molecule has 0 unspecified atom stereocenters. The number of rotatable bonds is 0. The number of aryl methyl sites for hydroxylation is 1. The van der Waals surface area contributed by atoms with Crippen molar-refractivity contribution in [2.24, 2.45) is 0 Å². The number of hydrogen-bond acceptors (Lipinski definition) is 2. The first kappa shape index (κ1) is 8.93.